The van der Waals surface area contributed by atoms with Gasteiger partial charge in [0.15, 0.2) is 5.69 Å². The maximum absolute atomic E-state index is 13.3. The Morgan fingerprint density at radius 1 is 1.18 bits per heavy atom. The summed E-state index contributed by atoms with van der Waals surface area (Å²) in [6, 6.07) is 2.31. The van der Waals surface area contributed by atoms with Crippen molar-refractivity contribution in [2.24, 2.45) is 0 Å². The summed E-state index contributed by atoms with van der Waals surface area (Å²) in [5, 5.41) is 15.5. The average Bonchev–Trinajstić information content (AvgIpc) is 3.57. The van der Waals surface area contributed by atoms with Gasteiger partial charge in [-0.25, -0.2) is 24.5 Å². The summed E-state index contributed by atoms with van der Waals surface area (Å²) in [4.78, 5) is 49.1. The second-order valence-electron chi connectivity index (χ2n) is 8.55. The molecule has 0 aliphatic heterocycles. The summed E-state index contributed by atoms with van der Waals surface area (Å²) < 4.78 is 41.5. The van der Waals surface area contributed by atoms with Crippen LogP contribution in [0, 0.1) is 0 Å². The average molecular weight is 545 g/mol. The summed E-state index contributed by atoms with van der Waals surface area (Å²) in [7, 11) is 0. The first kappa shape index (κ1) is 25.3. The molecule has 1 aliphatic rings. The monoisotopic (exact) mass is 544 g/mol. The van der Waals surface area contributed by atoms with E-state index in [9.17, 15) is 32.7 Å². The number of halogens is 3. The molecule has 1 aliphatic carbocycles. The summed E-state index contributed by atoms with van der Waals surface area (Å²) in [5.41, 5.74) is -1.07. The van der Waals surface area contributed by atoms with Crippen molar-refractivity contribution in [3.63, 3.8) is 0 Å². The molecule has 14 heteroatoms. The van der Waals surface area contributed by atoms with Crippen molar-refractivity contribution < 1.29 is 27.9 Å². The first-order valence-electron chi connectivity index (χ1n) is 11.4. The molecular weight excluding hydrogens is 525 g/mol. The molecule has 0 unspecified atom stereocenters. The van der Waals surface area contributed by atoms with Gasteiger partial charge in [-0.1, -0.05) is 0 Å². The van der Waals surface area contributed by atoms with Gasteiger partial charge in [-0.2, -0.15) is 13.2 Å². The van der Waals surface area contributed by atoms with Crippen LogP contribution in [0.3, 0.4) is 0 Å². The number of amides is 2. The van der Waals surface area contributed by atoms with E-state index in [0.29, 0.717) is 23.3 Å². The number of hydrogen-bond acceptors (Lipinski definition) is 7. The highest BCUT2D eigenvalue weighted by molar-refractivity contribution is 7.13. The zero-order valence-electron chi connectivity index (χ0n) is 19.7. The quantitative estimate of drug-likeness (QED) is 0.318. The zero-order valence-corrected chi connectivity index (χ0v) is 20.5. The lowest BCUT2D eigenvalue weighted by Gasteiger charge is -2.14. The SMILES string of the molecule is CCNC(=O)Nc1cc(-c2nc(C(F)(F)F)cs2)c(-c2cnc3c(c2)c(=O)c(C(=O)O)cn3C2CC2)cn1. The number of carboxylic acid groups (broad SMARTS) is 1. The van der Waals surface area contributed by atoms with Crippen molar-refractivity contribution in [2.75, 3.05) is 11.9 Å². The lowest BCUT2D eigenvalue weighted by Crippen LogP contribution is -2.28. The Morgan fingerprint density at radius 3 is 2.58 bits per heavy atom. The number of fused-ring (bicyclic) bond motifs is 1. The highest BCUT2D eigenvalue weighted by Gasteiger charge is 2.34. The van der Waals surface area contributed by atoms with Gasteiger partial charge in [0.1, 0.15) is 22.0 Å². The molecule has 0 radical (unpaired) electrons. The predicted octanol–water partition coefficient (Wildman–Crippen LogP) is 4.78. The molecule has 1 saturated carbocycles. The highest BCUT2D eigenvalue weighted by atomic mass is 32.1. The van der Waals surface area contributed by atoms with Crippen molar-refractivity contribution in [2.45, 2.75) is 32.0 Å². The molecule has 0 bridgehead atoms. The van der Waals surface area contributed by atoms with Crippen LogP contribution in [0.15, 0.2) is 40.9 Å². The summed E-state index contributed by atoms with van der Waals surface area (Å²) in [6.07, 6.45) is 1.04. The largest absolute Gasteiger partial charge is 0.477 e. The summed E-state index contributed by atoms with van der Waals surface area (Å²) >= 11 is 0.753. The van der Waals surface area contributed by atoms with Crippen LogP contribution < -0.4 is 16.1 Å². The van der Waals surface area contributed by atoms with Gasteiger partial charge in [0, 0.05) is 53.2 Å². The molecule has 10 nitrogen and oxygen atoms in total. The first-order chi connectivity index (χ1) is 18.1. The molecule has 3 N–H and O–H groups in total. The van der Waals surface area contributed by atoms with Gasteiger partial charge in [0.2, 0.25) is 5.43 Å². The Balaban J connectivity index is 1.69. The smallest absolute Gasteiger partial charge is 0.434 e. The molecule has 4 aromatic heterocycles. The van der Waals surface area contributed by atoms with Crippen molar-refractivity contribution in [3.8, 4) is 21.7 Å². The van der Waals surface area contributed by atoms with E-state index in [0.717, 1.165) is 29.6 Å². The standard InChI is InChI=1S/C24H19F3N6O4S/c1-2-28-23(37)32-18-6-13(21-31-17(10-38-21)24(25,26)27)15(8-29-18)11-5-14-19(34)16(22(35)36)9-33(12-3-4-12)20(14)30-7-11/h5-10,12H,2-4H2,1H3,(H,35,36)(H2,28,29,32,37). The van der Waals surface area contributed by atoms with E-state index in [1.54, 1.807) is 11.5 Å². The molecule has 0 atom stereocenters. The molecule has 4 aromatic rings. The number of carboxylic acids is 1. The topological polar surface area (TPSA) is 139 Å². The van der Waals surface area contributed by atoms with E-state index in [1.807, 2.05) is 0 Å². The number of alkyl halides is 3. The van der Waals surface area contributed by atoms with Crippen LogP contribution >= 0.6 is 11.3 Å². The fourth-order valence-electron chi connectivity index (χ4n) is 3.94. The van der Waals surface area contributed by atoms with Crippen LogP contribution in [-0.2, 0) is 6.18 Å². The lowest BCUT2D eigenvalue weighted by atomic mass is 10.0. The minimum atomic E-state index is -4.66. The van der Waals surface area contributed by atoms with Gasteiger partial charge in [-0.3, -0.25) is 10.1 Å². The number of urea groups is 1. The molecule has 2 amide bonds. The van der Waals surface area contributed by atoms with E-state index in [1.165, 1.54) is 30.7 Å². The van der Waals surface area contributed by atoms with Crippen molar-refractivity contribution in [1.29, 1.82) is 0 Å². The third-order valence-electron chi connectivity index (χ3n) is 5.86. The normalized spacial score (nSPS) is 13.5. The Hall–Kier alpha value is -4.33. The summed E-state index contributed by atoms with van der Waals surface area (Å²) in [5.74, 6) is -1.31. The van der Waals surface area contributed by atoms with E-state index >= 15 is 0 Å². The molecule has 5 rings (SSSR count). The molecule has 0 saturated heterocycles. The van der Waals surface area contributed by atoms with E-state index in [2.05, 4.69) is 25.6 Å². The van der Waals surface area contributed by atoms with Crippen LogP contribution in [0.5, 0.6) is 0 Å². The number of pyridine rings is 3. The minimum absolute atomic E-state index is 0.00319. The fraction of sp³-hybridized carbons (Fsp3) is 0.250. The van der Waals surface area contributed by atoms with Gasteiger partial charge >= 0.3 is 18.2 Å². The van der Waals surface area contributed by atoms with Crippen LogP contribution in [0.2, 0.25) is 0 Å². The van der Waals surface area contributed by atoms with Crippen molar-refractivity contribution in [3.05, 3.63) is 57.6 Å². The molecule has 1 fully saturated rings. The van der Waals surface area contributed by atoms with E-state index < -0.39 is 34.9 Å². The van der Waals surface area contributed by atoms with Gasteiger partial charge in [0.05, 0.1) is 5.39 Å². The number of anilines is 1. The van der Waals surface area contributed by atoms with Crippen molar-refractivity contribution >= 4 is 40.2 Å². The Bertz CT molecular complexity index is 1640. The van der Waals surface area contributed by atoms with E-state index in [4.69, 9.17) is 0 Å². The highest BCUT2D eigenvalue weighted by Crippen LogP contribution is 2.40. The third kappa shape index (κ3) is 4.81. The number of aromatic carboxylic acids is 1. The molecule has 4 heterocycles. The maximum Gasteiger partial charge on any atom is 0.434 e. The zero-order chi connectivity index (χ0) is 27.2. The summed E-state index contributed by atoms with van der Waals surface area (Å²) in [6.45, 7) is 2.06. The first-order valence-corrected chi connectivity index (χ1v) is 12.3. The Labute approximate surface area is 216 Å². The predicted molar refractivity (Wildman–Crippen MR) is 133 cm³/mol. The number of hydrogen-bond donors (Lipinski definition) is 3. The maximum atomic E-state index is 13.3. The Morgan fingerprint density at radius 2 is 1.95 bits per heavy atom. The number of carbonyl (C=O) groups is 2. The van der Waals surface area contributed by atoms with Gasteiger partial charge < -0.3 is 15.0 Å². The molecule has 38 heavy (non-hydrogen) atoms. The fourth-order valence-corrected chi connectivity index (χ4v) is 4.80. The number of nitrogens with zero attached hydrogens (tertiary/aromatic N) is 4. The minimum Gasteiger partial charge on any atom is -0.477 e. The number of aromatic nitrogens is 4. The Kier molecular flexibility index (Phi) is 6.34. The van der Waals surface area contributed by atoms with E-state index in [-0.39, 0.29) is 27.8 Å². The van der Waals surface area contributed by atoms with Gasteiger partial charge in [0.25, 0.3) is 0 Å². The van der Waals surface area contributed by atoms with Crippen LogP contribution in [0.25, 0.3) is 32.7 Å². The third-order valence-corrected chi connectivity index (χ3v) is 6.73. The number of thiazole rings is 1. The van der Waals surface area contributed by atoms with Crippen molar-refractivity contribution in [1.82, 2.24) is 24.8 Å². The number of carbonyl (C=O) groups excluding carboxylic acids is 1. The van der Waals surface area contributed by atoms with Gasteiger partial charge in [-0.15, -0.1) is 11.3 Å². The molecule has 196 valence electrons. The number of rotatable bonds is 6. The lowest BCUT2D eigenvalue weighted by molar-refractivity contribution is -0.140. The van der Waals surface area contributed by atoms with Crippen LogP contribution in [0.1, 0.15) is 41.9 Å². The van der Waals surface area contributed by atoms with Crippen LogP contribution in [0.4, 0.5) is 23.8 Å². The van der Waals surface area contributed by atoms with Crippen LogP contribution in [-0.4, -0.2) is 43.2 Å². The number of nitrogens with one attached hydrogen (secondary N) is 2. The molecule has 0 aromatic carbocycles. The second-order valence-corrected chi connectivity index (χ2v) is 9.40. The van der Waals surface area contributed by atoms with Gasteiger partial charge in [-0.05, 0) is 31.9 Å². The molecular formula is C24H19F3N6O4S. The second kappa shape index (κ2) is 9.52. The molecule has 0 spiro atoms.